The van der Waals surface area contributed by atoms with Crippen LogP contribution in [0.1, 0.15) is 16.1 Å². The number of benzene rings is 1. The van der Waals surface area contributed by atoms with E-state index < -0.39 is 0 Å². The summed E-state index contributed by atoms with van der Waals surface area (Å²) in [6, 6.07) is 7.06. The second kappa shape index (κ2) is 6.76. The average Bonchev–Trinajstić information content (AvgIpc) is 3.20. The molecule has 136 valence electrons. The zero-order valence-corrected chi connectivity index (χ0v) is 15.6. The number of rotatable bonds is 3. The third-order valence-electron chi connectivity index (χ3n) is 5.23. The Bertz CT molecular complexity index is 830. The SMILES string of the molecule is COc1ccc(Cl)cc1C(=O)N1CC2CN(c3nccc(C)n3)CC2C1. The molecular weight excluding hydrogens is 352 g/mol. The van der Waals surface area contributed by atoms with Gasteiger partial charge in [0.15, 0.2) is 0 Å². The molecule has 2 saturated heterocycles. The largest absolute Gasteiger partial charge is 0.496 e. The lowest BCUT2D eigenvalue weighted by Gasteiger charge is -2.22. The smallest absolute Gasteiger partial charge is 0.257 e. The van der Waals surface area contributed by atoms with Crippen molar-refractivity contribution in [3.05, 3.63) is 46.7 Å². The van der Waals surface area contributed by atoms with Crippen LogP contribution in [0.3, 0.4) is 0 Å². The van der Waals surface area contributed by atoms with Gasteiger partial charge < -0.3 is 14.5 Å². The summed E-state index contributed by atoms with van der Waals surface area (Å²) in [5.74, 6) is 2.21. The van der Waals surface area contributed by atoms with Crippen LogP contribution in [0.5, 0.6) is 5.75 Å². The number of hydrogen-bond acceptors (Lipinski definition) is 5. The fraction of sp³-hybridized carbons (Fsp3) is 0.421. The first kappa shape index (κ1) is 17.1. The predicted octanol–water partition coefficient (Wildman–Crippen LogP) is 2.66. The Morgan fingerprint density at radius 3 is 2.58 bits per heavy atom. The van der Waals surface area contributed by atoms with E-state index in [0.717, 1.165) is 37.8 Å². The summed E-state index contributed by atoms with van der Waals surface area (Å²) in [5.41, 5.74) is 1.50. The highest BCUT2D eigenvalue weighted by Gasteiger charge is 2.42. The van der Waals surface area contributed by atoms with Crippen molar-refractivity contribution >= 4 is 23.5 Å². The molecule has 2 atom stereocenters. The molecule has 2 fully saturated rings. The van der Waals surface area contributed by atoms with Crippen molar-refractivity contribution < 1.29 is 9.53 Å². The molecule has 0 spiro atoms. The van der Waals surface area contributed by atoms with Crippen LogP contribution in [-0.4, -0.2) is 54.1 Å². The van der Waals surface area contributed by atoms with Gasteiger partial charge in [0.1, 0.15) is 5.75 Å². The number of methoxy groups -OCH3 is 1. The van der Waals surface area contributed by atoms with Gasteiger partial charge in [-0.15, -0.1) is 0 Å². The number of hydrogen-bond donors (Lipinski definition) is 0. The number of anilines is 1. The summed E-state index contributed by atoms with van der Waals surface area (Å²) in [5, 5.41) is 0.538. The highest BCUT2D eigenvalue weighted by Crippen LogP contribution is 2.34. The number of carbonyl (C=O) groups is 1. The van der Waals surface area contributed by atoms with Crippen LogP contribution in [0.4, 0.5) is 5.95 Å². The number of nitrogens with zero attached hydrogens (tertiary/aromatic N) is 4. The lowest BCUT2D eigenvalue weighted by Crippen LogP contribution is -2.34. The molecule has 0 aliphatic carbocycles. The van der Waals surface area contributed by atoms with E-state index in [0.29, 0.717) is 28.2 Å². The summed E-state index contributed by atoms with van der Waals surface area (Å²) in [4.78, 5) is 26.0. The lowest BCUT2D eigenvalue weighted by atomic mass is 10.0. The first-order chi connectivity index (χ1) is 12.5. The minimum Gasteiger partial charge on any atom is -0.496 e. The van der Waals surface area contributed by atoms with Crippen LogP contribution >= 0.6 is 11.6 Å². The number of halogens is 1. The molecule has 7 heteroatoms. The molecule has 1 amide bonds. The number of carbonyl (C=O) groups excluding carboxylic acids is 1. The average molecular weight is 373 g/mol. The molecule has 2 aliphatic heterocycles. The third-order valence-corrected chi connectivity index (χ3v) is 5.47. The highest BCUT2D eigenvalue weighted by atomic mass is 35.5. The maximum absolute atomic E-state index is 13.0. The van der Waals surface area contributed by atoms with Crippen LogP contribution in [0, 0.1) is 18.8 Å². The number of ether oxygens (including phenoxy) is 1. The predicted molar refractivity (Wildman–Crippen MR) is 99.9 cm³/mol. The quantitative estimate of drug-likeness (QED) is 0.829. The Morgan fingerprint density at radius 2 is 1.92 bits per heavy atom. The highest BCUT2D eigenvalue weighted by molar-refractivity contribution is 6.31. The van der Waals surface area contributed by atoms with Crippen molar-refractivity contribution in [2.45, 2.75) is 6.92 Å². The van der Waals surface area contributed by atoms with E-state index >= 15 is 0 Å². The van der Waals surface area contributed by atoms with Gasteiger partial charge in [-0.05, 0) is 31.2 Å². The van der Waals surface area contributed by atoms with Crippen LogP contribution in [0.2, 0.25) is 5.02 Å². The number of aromatic nitrogens is 2. The molecule has 4 rings (SSSR count). The van der Waals surface area contributed by atoms with E-state index in [4.69, 9.17) is 16.3 Å². The molecule has 2 aliphatic rings. The van der Waals surface area contributed by atoms with Crippen LogP contribution in [0.15, 0.2) is 30.5 Å². The zero-order valence-electron chi connectivity index (χ0n) is 14.9. The summed E-state index contributed by atoms with van der Waals surface area (Å²) in [6.45, 7) is 5.21. The van der Waals surface area contributed by atoms with Gasteiger partial charge in [0.05, 0.1) is 12.7 Å². The van der Waals surface area contributed by atoms with Crippen molar-refractivity contribution in [2.24, 2.45) is 11.8 Å². The molecule has 26 heavy (non-hydrogen) atoms. The normalized spacial score (nSPS) is 21.8. The maximum atomic E-state index is 13.0. The van der Waals surface area contributed by atoms with Crippen molar-refractivity contribution in [1.82, 2.24) is 14.9 Å². The molecule has 0 saturated carbocycles. The van der Waals surface area contributed by atoms with Gasteiger partial charge in [0.2, 0.25) is 5.95 Å². The molecule has 2 unspecified atom stereocenters. The molecule has 0 bridgehead atoms. The molecule has 1 aromatic carbocycles. The minimum atomic E-state index is -0.0166. The standard InChI is InChI=1S/C19H21ClN4O2/c1-12-5-6-21-19(22-12)24-10-13-8-23(9-14(13)11-24)18(25)16-7-15(20)3-4-17(16)26-2/h3-7,13-14H,8-11H2,1-2H3. The Labute approximate surface area is 157 Å². The molecule has 0 radical (unpaired) electrons. The fourth-order valence-corrected chi connectivity index (χ4v) is 4.10. The lowest BCUT2D eigenvalue weighted by molar-refractivity contribution is 0.0779. The number of aryl methyl sites for hydroxylation is 1. The summed E-state index contributed by atoms with van der Waals surface area (Å²) in [6.07, 6.45) is 1.80. The molecule has 3 heterocycles. The Kier molecular flexibility index (Phi) is 4.44. The molecular formula is C19H21ClN4O2. The van der Waals surface area contributed by atoms with Gasteiger partial charge in [-0.1, -0.05) is 11.6 Å². The number of amides is 1. The summed E-state index contributed by atoms with van der Waals surface area (Å²) < 4.78 is 5.33. The molecule has 1 aromatic heterocycles. The molecule has 6 nitrogen and oxygen atoms in total. The van der Waals surface area contributed by atoms with Gasteiger partial charge >= 0.3 is 0 Å². The second-order valence-corrected chi connectivity index (χ2v) is 7.41. The zero-order chi connectivity index (χ0) is 18.3. The first-order valence-electron chi connectivity index (χ1n) is 8.72. The molecule has 0 N–H and O–H groups in total. The van der Waals surface area contributed by atoms with Crippen molar-refractivity contribution in [3.8, 4) is 5.75 Å². The minimum absolute atomic E-state index is 0.0166. The fourth-order valence-electron chi connectivity index (χ4n) is 3.93. The van der Waals surface area contributed by atoms with E-state index in [-0.39, 0.29) is 5.91 Å². The van der Waals surface area contributed by atoms with Crippen molar-refractivity contribution in [2.75, 3.05) is 38.2 Å². The second-order valence-electron chi connectivity index (χ2n) is 6.98. The van der Waals surface area contributed by atoms with E-state index in [2.05, 4.69) is 14.9 Å². The Balaban J connectivity index is 1.46. The van der Waals surface area contributed by atoms with E-state index in [1.807, 2.05) is 17.9 Å². The third kappa shape index (κ3) is 3.09. The van der Waals surface area contributed by atoms with E-state index in [9.17, 15) is 4.79 Å². The van der Waals surface area contributed by atoms with Crippen LogP contribution in [0.25, 0.3) is 0 Å². The van der Waals surface area contributed by atoms with Gasteiger partial charge in [0.25, 0.3) is 5.91 Å². The first-order valence-corrected chi connectivity index (χ1v) is 9.10. The van der Waals surface area contributed by atoms with Gasteiger partial charge in [-0.2, -0.15) is 0 Å². The number of likely N-dealkylation sites (tertiary alicyclic amines) is 1. The summed E-state index contributed by atoms with van der Waals surface area (Å²) in [7, 11) is 1.57. The monoisotopic (exact) mass is 372 g/mol. The van der Waals surface area contributed by atoms with Crippen molar-refractivity contribution in [1.29, 1.82) is 0 Å². The van der Waals surface area contributed by atoms with E-state index in [1.54, 1.807) is 31.5 Å². The summed E-state index contributed by atoms with van der Waals surface area (Å²) >= 11 is 6.07. The topological polar surface area (TPSA) is 58.6 Å². The van der Waals surface area contributed by atoms with E-state index in [1.165, 1.54) is 0 Å². The van der Waals surface area contributed by atoms with Crippen LogP contribution in [-0.2, 0) is 0 Å². The van der Waals surface area contributed by atoms with Gasteiger partial charge in [0, 0.05) is 54.9 Å². The van der Waals surface area contributed by atoms with Gasteiger partial charge in [-0.25, -0.2) is 9.97 Å². The van der Waals surface area contributed by atoms with Crippen molar-refractivity contribution in [3.63, 3.8) is 0 Å². The number of fused-ring (bicyclic) bond motifs is 1. The van der Waals surface area contributed by atoms with Gasteiger partial charge in [-0.3, -0.25) is 4.79 Å². The maximum Gasteiger partial charge on any atom is 0.257 e. The van der Waals surface area contributed by atoms with Crippen LogP contribution < -0.4 is 9.64 Å². The molecule has 2 aromatic rings. The Hall–Kier alpha value is -2.34. The Morgan fingerprint density at radius 1 is 1.19 bits per heavy atom.